The molecule has 5 rings (SSSR count). The van der Waals surface area contributed by atoms with Crippen LogP contribution in [0, 0.1) is 12.8 Å². The van der Waals surface area contributed by atoms with Gasteiger partial charge in [-0.25, -0.2) is 4.68 Å². The number of allylic oxidation sites excluding steroid dienone is 2. The second-order valence-electron chi connectivity index (χ2n) is 10.6. The molecule has 0 fully saturated rings. The summed E-state index contributed by atoms with van der Waals surface area (Å²) >= 11 is 0. The van der Waals surface area contributed by atoms with Crippen molar-refractivity contribution in [2.24, 2.45) is 5.92 Å². The van der Waals surface area contributed by atoms with E-state index in [2.05, 4.69) is 27.8 Å². The summed E-state index contributed by atoms with van der Waals surface area (Å²) in [6.45, 7) is 2.36. The minimum absolute atomic E-state index is 0.00370. The highest BCUT2D eigenvalue weighted by molar-refractivity contribution is 5.97. The molecule has 0 aliphatic heterocycles. The number of carbonyl (C=O) groups excluding carboxylic acids is 2. The van der Waals surface area contributed by atoms with Crippen molar-refractivity contribution >= 4 is 34.2 Å². The lowest BCUT2D eigenvalue weighted by molar-refractivity contribution is -0.142. The lowest BCUT2D eigenvalue weighted by Gasteiger charge is -2.37. The molecule has 0 unspecified atom stereocenters. The molecule has 0 bridgehead atoms. The first-order valence-electron chi connectivity index (χ1n) is 13.8. The quantitative estimate of drug-likeness (QED) is 0.298. The van der Waals surface area contributed by atoms with Gasteiger partial charge in [0.1, 0.15) is 18.1 Å². The number of aryl methyl sites for hydroxylation is 1. The minimum Gasteiger partial charge on any atom is -0.378 e. The average Bonchev–Trinajstić information content (AvgIpc) is 3.37. The zero-order valence-electron chi connectivity index (χ0n) is 23.3. The smallest absolute Gasteiger partial charge is 0.247 e. The summed E-state index contributed by atoms with van der Waals surface area (Å²) in [5.41, 5.74) is 5.36. The third-order valence-corrected chi connectivity index (χ3v) is 7.64. The minimum atomic E-state index is -0.652. The Bertz CT molecular complexity index is 1510. The van der Waals surface area contributed by atoms with E-state index in [4.69, 9.17) is 0 Å². The summed E-state index contributed by atoms with van der Waals surface area (Å²) in [7, 11) is 3.96. The first kappa shape index (κ1) is 27.1. The molecular weight excluding hydrogens is 500 g/mol. The van der Waals surface area contributed by atoms with Crippen LogP contribution in [0.1, 0.15) is 30.4 Å². The van der Waals surface area contributed by atoms with E-state index in [0.717, 1.165) is 47.1 Å². The summed E-state index contributed by atoms with van der Waals surface area (Å²) < 4.78 is 1.62. The van der Waals surface area contributed by atoms with Gasteiger partial charge < -0.3 is 15.1 Å². The van der Waals surface area contributed by atoms with E-state index in [-0.39, 0.29) is 24.3 Å². The van der Waals surface area contributed by atoms with Crippen LogP contribution in [-0.4, -0.2) is 51.8 Å². The lowest BCUT2D eigenvalue weighted by Crippen LogP contribution is -2.52. The zero-order valence-corrected chi connectivity index (χ0v) is 23.3. The summed E-state index contributed by atoms with van der Waals surface area (Å²) in [6, 6.07) is 22.7. The Balaban J connectivity index is 1.50. The van der Waals surface area contributed by atoms with Gasteiger partial charge in [-0.15, -0.1) is 5.10 Å². The number of hydrogen-bond donors (Lipinski definition) is 1. The van der Waals surface area contributed by atoms with Gasteiger partial charge in [0.05, 0.1) is 5.52 Å². The molecule has 0 saturated carbocycles. The van der Waals surface area contributed by atoms with Crippen molar-refractivity contribution in [2.75, 3.05) is 24.3 Å². The van der Waals surface area contributed by atoms with Gasteiger partial charge in [-0.2, -0.15) is 0 Å². The number of hydrogen-bond acceptors (Lipinski definition) is 5. The second-order valence-corrected chi connectivity index (χ2v) is 10.6. The fourth-order valence-electron chi connectivity index (χ4n) is 5.34. The predicted octanol–water partition coefficient (Wildman–Crippen LogP) is 5.20. The number of rotatable bonds is 9. The van der Waals surface area contributed by atoms with Gasteiger partial charge in [-0.3, -0.25) is 9.59 Å². The Morgan fingerprint density at radius 1 is 1.00 bits per heavy atom. The molecule has 0 saturated heterocycles. The molecule has 8 heteroatoms. The Hall–Kier alpha value is -4.46. The number of carbonyl (C=O) groups is 2. The standard InChI is InChI=1S/C32H36N6O2/c1-23-11-7-8-14-25(23)21-37(30(39)22-38-29-16-10-9-15-28(29)34-35-38)31(24-12-5-4-6-13-24)32(40)33-26-17-19-27(20-18-26)36(2)3/h4-5,7-11,14-20,24,31H,6,12-13,21-22H2,1-3H3,(H,33,40)/t24-,31-/m0/s1. The van der Waals surface area contributed by atoms with E-state index < -0.39 is 6.04 Å². The first-order chi connectivity index (χ1) is 19.4. The Morgan fingerprint density at radius 3 is 2.48 bits per heavy atom. The van der Waals surface area contributed by atoms with Crippen LogP contribution in [0.15, 0.2) is 84.9 Å². The third kappa shape index (κ3) is 6.06. The van der Waals surface area contributed by atoms with Gasteiger partial charge in [-0.05, 0) is 79.6 Å². The molecule has 0 radical (unpaired) electrons. The van der Waals surface area contributed by atoms with Crippen molar-refractivity contribution in [3.8, 4) is 0 Å². The van der Waals surface area contributed by atoms with Crippen LogP contribution in [0.2, 0.25) is 0 Å². The number of aromatic nitrogens is 3. The molecule has 2 atom stereocenters. The van der Waals surface area contributed by atoms with Gasteiger partial charge in [-0.1, -0.05) is 53.8 Å². The molecule has 4 aromatic rings. The van der Waals surface area contributed by atoms with E-state index in [1.54, 1.807) is 9.58 Å². The number of amides is 2. The highest BCUT2D eigenvalue weighted by Crippen LogP contribution is 2.29. The monoisotopic (exact) mass is 536 g/mol. The van der Waals surface area contributed by atoms with E-state index in [9.17, 15) is 9.59 Å². The van der Waals surface area contributed by atoms with Crippen molar-refractivity contribution in [1.29, 1.82) is 0 Å². The molecule has 8 nitrogen and oxygen atoms in total. The maximum atomic E-state index is 14.2. The van der Waals surface area contributed by atoms with E-state index in [1.807, 2.05) is 98.7 Å². The van der Waals surface area contributed by atoms with Crippen molar-refractivity contribution in [3.63, 3.8) is 0 Å². The van der Waals surface area contributed by atoms with E-state index in [1.165, 1.54) is 0 Å². The largest absolute Gasteiger partial charge is 0.378 e. The van der Waals surface area contributed by atoms with Crippen LogP contribution in [0.5, 0.6) is 0 Å². The SMILES string of the molecule is Cc1ccccc1CN(C(=O)Cn1nnc2ccccc21)[C@H](C(=O)Nc1ccc(N(C)C)cc1)[C@H]1CC=CCC1. The number of para-hydroxylation sites is 1. The molecule has 40 heavy (non-hydrogen) atoms. The Kier molecular flexibility index (Phi) is 8.24. The summed E-state index contributed by atoms with van der Waals surface area (Å²) in [4.78, 5) is 32.0. The van der Waals surface area contributed by atoms with Crippen LogP contribution in [-0.2, 0) is 22.7 Å². The van der Waals surface area contributed by atoms with Crippen molar-refractivity contribution in [3.05, 3.63) is 96.1 Å². The van der Waals surface area contributed by atoms with Crippen LogP contribution >= 0.6 is 0 Å². The van der Waals surface area contributed by atoms with Gasteiger partial charge in [0, 0.05) is 32.0 Å². The molecule has 0 spiro atoms. The predicted molar refractivity (Wildman–Crippen MR) is 159 cm³/mol. The normalized spacial score (nSPS) is 15.5. The van der Waals surface area contributed by atoms with Crippen molar-refractivity contribution < 1.29 is 9.59 Å². The van der Waals surface area contributed by atoms with Gasteiger partial charge >= 0.3 is 0 Å². The lowest BCUT2D eigenvalue weighted by atomic mass is 9.85. The zero-order chi connectivity index (χ0) is 28.1. The Morgan fingerprint density at radius 2 is 1.75 bits per heavy atom. The van der Waals surface area contributed by atoms with Gasteiger partial charge in [0.25, 0.3) is 0 Å². The maximum absolute atomic E-state index is 14.2. The molecule has 1 aliphatic carbocycles. The number of nitrogens with one attached hydrogen (secondary N) is 1. The topological polar surface area (TPSA) is 83.4 Å². The maximum Gasteiger partial charge on any atom is 0.247 e. The number of benzene rings is 3. The molecule has 1 heterocycles. The molecule has 1 N–H and O–H groups in total. The molecule has 206 valence electrons. The second kappa shape index (κ2) is 12.2. The highest BCUT2D eigenvalue weighted by atomic mass is 16.2. The van der Waals surface area contributed by atoms with Crippen LogP contribution < -0.4 is 10.2 Å². The third-order valence-electron chi connectivity index (χ3n) is 7.64. The highest BCUT2D eigenvalue weighted by Gasteiger charge is 2.37. The molecule has 2 amide bonds. The van der Waals surface area contributed by atoms with E-state index in [0.29, 0.717) is 12.2 Å². The molecule has 1 aromatic heterocycles. The van der Waals surface area contributed by atoms with Gasteiger partial charge in [0.15, 0.2) is 0 Å². The summed E-state index contributed by atoms with van der Waals surface area (Å²) in [5, 5.41) is 11.6. The summed E-state index contributed by atoms with van der Waals surface area (Å²) in [5.74, 6) is -0.355. The van der Waals surface area contributed by atoms with Gasteiger partial charge in [0.2, 0.25) is 11.8 Å². The van der Waals surface area contributed by atoms with Crippen molar-refractivity contribution in [1.82, 2.24) is 19.9 Å². The van der Waals surface area contributed by atoms with Crippen molar-refractivity contribution in [2.45, 2.75) is 45.3 Å². The number of fused-ring (bicyclic) bond motifs is 1. The average molecular weight is 537 g/mol. The van der Waals surface area contributed by atoms with Crippen LogP contribution in [0.4, 0.5) is 11.4 Å². The van der Waals surface area contributed by atoms with Crippen LogP contribution in [0.25, 0.3) is 11.0 Å². The van der Waals surface area contributed by atoms with Crippen LogP contribution in [0.3, 0.4) is 0 Å². The fraction of sp³-hybridized carbons (Fsp3) is 0.312. The number of nitrogens with zero attached hydrogens (tertiary/aromatic N) is 5. The number of anilines is 2. The Labute approximate surface area is 235 Å². The fourth-order valence-corrected chi connectivity index (χ4v) is 5.34. The summed E-state index contributed by atoms with van der Waals surface area (Å²) in [6.07, 6.45) is 6.73. The molecule has 1 aliphatic rings. The molecule has 3 aromatic carbocycles. The van der Waals surface area contributed by atoms with E-state index >= 15 is 0 Å². The molecular formula is C32H36N6O2. The first-order valence-corrected chi connectivity index (χ1v) is 13.8.